The lowest BCUT2D eigenvalue weighted by atomic mass is 10.1. The SMILES string of the molecule is O=C(CN1CCNCC1c1cccnc1)NCCc1ccc(OC(F)F)cc1. The number of carbonyl (C=O) groups is 1. The number of piperazine rings is 1. The number of nitrogens with zero attached hydrogens (tertiary/aromatic N) is 2. The number of carbonyl (C=O) groups excluding carboxylic acids is 1. The molecule has 1 aliphatic heterocycles. The fourth-order valence-electron chi connectivity index (χ4n) is 3.26. The third-order valence-electron chi connectivity index (χ3n) is 4.65. The molecule has 28 heavy (non-hydrogen) atoms. The van der Waals surface area contributed by atoms with E-state index >= 15 is 0 Å². The van der Waals surface area contributed by atoms with E-state index in [0.717, 1.165) is 30.8 Å². The van der Waals surface area contributed by atoms with Gasteiger partial charge >= 0.3 is 6.61 Å². The molecule has 3 rings (SSSR count). The second kappa shape index (κ2) is 10.1. The van der Waals surface area contributed by atoms with Gasteiger partial charge in [0.25, 0.3) is 0 Å². The first kappa shape index (κ1) is 20.2. The highest BCUT2D eigenvalue weighted by molar-refractivity contribution is 5.78. The normalized spacial score (nSPS) is 17.5. The molecule has 0 saturated carbocycles. The molecule has 1 atom stereocenters. The molecule has 2 N–H and O–H groups in total. The maximum Gasteiger partial charge on any atom is 0.387 e. The Labute approximate surface area is 162 Å². The molecule has 1 fully saturated rings. The Bertz CT molecular complexity index is 744. The Morgan fingerprint density at radius 2 is 2.14 bits per heavy atom. The van der Waals surface area contributed by atoms with Gasteiger partial charge in [0.05, 0.1) is 6.54 Å². The fourth-order valence-corrected chi connectivity index (χ4v) is 3.26. The van der Waals surface area contributed by atoms with E-state index in [1.54, 1.807) is 18.3 Å². The first-order chi connectivity index (χ1) is 13.6. The van der Waals surface area contributed by atoms with E-state index in [0.29, 0.717) is 19.5 Å². The van der Waals surface area contributed by atoms with E-state index in [4.69, 9.17) is 0 Å². The van der Waals surface area contributed by atoms with Crippen LogP contribution < -0.4 is 15.4 Å². The number of rotatable bonds is 8. The highest BCUT2D eigenvalue weighted by Gasteiger charge is 2.25. The van der Waals surface area contributed by atoms with Gasteiger partial charge in [-0.25, -0.2) is 0 Å². The summed E-state index contributed by atoms with van der Waals surface area (Å²) >= 11 is 0. The van der Waals surface area contributed by atoms with Crippen molar-refractivity contribution in [1.29, 1.82) is 0 Å². The summed E-state index contributed by atoms with van der Waals surface area (Å²) in [7, 11) is 0. The molecule has 2 aromatic rings. The van der Waals surface area contributed by atoms with Crippen LogP contribution in [0.15, 0.2) is 48.8 Å². The van der Waals surface area contributed by atoms with Crippen molar-refractivity contribution in [3.63, 3.8) is 0 Å². The van der Waals surface area contributed by atoms with Crippen LogP contribution in [-0.2, 0) is 11.2 Å². The van der Waals surface area contributed by atoms with Gasteiger partial charge in [-0.1, -0.05) is 18.2 Å². The van der Waals surface area contributed by atoms with Gasteiger partial charge in [-0.05, 0) is 35.7 Å². The molecule has 1 aromatic carbocycles. The predicted molar refractivity (Wildman–Crippen MR) is 101 cm³/mol. The Morgan fingerprint density at radius 3 is 2.86 bits per heavy atom. The second-order valence-corrected chi connectivity index (χ2v) is 6.60. The van der Waals surface area contributed by atoms with Crippen molar-refractivity contribution < 1.29 is 18.3 Å². The zero-order valence-electron chi connectivity index (χ0n) is 15.5. The van der Waals surface area contributed by atoms with Crippen LogP contribution in [-0.4, -0.2) is 55.1 Å². The van der Waals surface area contributed by atoms with Gasteiger partial charge in [0.15, 0.2) is 0 Å². The van der Waals surface area contributed by atoms with E-state index in [-0.39, 0.29) is 17.7 Å². The number of hydrogen-bond donors (Lipinski definition) is 2. The minimum Gasteiger partial charge on any atom is -0.435 e. The molecule has 1 aliphatic rings. The van der Waals surface area contributed by atoms with Crippen LogP contribution in [0.5, 0.6) is 5.75 Å². The molecule has 1 saturated heterocycles. The third-order valence-corrected chi connectivity index (χ3v) is 4.65. The highest BCUT2D eigenvalue weighted by atomic mass is 19.3. The number of benzene rings is 1. The first-order valence-electron chi connectivity index (χ1n) is 9.27. The largest absolute Gasteiger partial charge is 0.435 e. The van der Waals surface area contributed by atoms with Crippen LogP contribution in [0, 0.1) is 0 Å². The van der Waals surface area contributed by atoms with Crippen LogP contribution in [0.3, 0.4) is 0 Å². The van der Waals surface area contributed by atoms with Gasteiger partial charge in [-0.2, -0.15) is 8.78 Å². The molecule has 150 valence electrons. The monoisotopic (exact) mass is 390 g/mol. The van der Waals surface area contributed by atoms with E-state index in [9.17, 15) is 13.6 Å². The van der Waals surface area contributed by atoms with Crippen LogP contribution in [0.4, 0.5) is 8.78 Å². The number of amides is 1. The van der Waals surface area contributed by atoms with Gasteiger partial charge < -0.3 is 15.4 Å². The number of alkyl halides is 2. The topological polar surface area (TPSA) is 66.5 Å². The van der Waals surface area contributed by atoms with Crippen molar-refractivity contribution >= 4 is 5.91 Å². The van der Waals surface area contributed by atoms with E-state index in [1.807, 2.05) is 18.3 Å². The minimum atomic E-state index is -2.83. The molecule has 1 amide bonds. The summed E-state index contributed by atoms with van der Waals surface area (Å²) in [6, 6.07) is 10.5. The van der Waals surface area contributed by atoms with Crippen LogP contribution >= 0.6 is 0 Å². The second-order valence-electron chi connectivity index (χ2n) is 6.60. The van der Waals surface area contributed by atoms with E-state index in [2.05, 4.69) is 25.3 Å². The lowest BCUT2D eigenvalue weighted by molar-refractivity contribution is -0.123. The zero-order valence-corrected chi connectivity index (χ0v) is 15.5. The predicted octanol–water partition coefficient (Wildman–Crippen LogP) is 1.99. The minimum absolute atomic E-state index is 0.0338. The molecular formula is C20H24F2N4O2. The molecular weight excluding hydrogens is 366 g/mol. The molecule has 8 heteroatoms. The van der Waals surface area contributed by atoms with Crippen LogP contribution in [0.1, 0.15) is 17.2 Å². The summed E-state index contributed by atoms with van der Waals surface area (Å²) in [5, 5.41) is 6.29. The van der Waals surface area contributed by atoms with Crippen molar-refractivity contribution in [1.82, 2.24) is 20.5 Å². The lowest BCUT2D eigenvalue weighted by Gasteiger charge is -2.35. The summed E-state index contributed by atoms with van der Waals surface area (Å²) in [6.45, 7) is 0.396. The summed E-state index contributed by atoms with van der Waals surface area (Å²) < 4.78 is 28.6. The number of pyridine rings is 1. The summed E-state index contributed by atoms with van der Waals surface area (Å²) in [5.41, 5.74) is 2.03. The Morgan fingerprint density at radius 1 is 1.32 bits per heavy atom. The quantitative estimate of drug-likeness (QED) is 0.722. The van der Waals surface area contributed by atoms with Crippen LogP contribution in [0.25, 0.3) is 0 Å². The van der Waals surface area contributed by atoms with Crippen molar-refractivity contribution in [2.45, 2.75) is 19.1 Å². The van der Waals surface area contributed by atoms with Crippen molar-refractivity contribution in [3.8, 4) is 5.75 Å². The Hall–Kier alpha value is -2.58. The van der Waals surface area contributed by atoms with Gasteiger partial charge in [0.1, 0.15) is 5.75 Å². The summed E-state index contributed by atoms with van der Waals surface area (Å²) in [5.74, 6) is 0.0939. The van der Waals surface area contributed by atoms with Crippen molar-refractivity contribution in [2.24, 2.45) is 0 Å². The standard InChI is InChI=1S/C20H24F2N4O2/c21-20(22)28-17-5-3-15(4-6-17)7-9-25-19(27)14-26-11-10-24-13-18(26)16-2-1-8-23-12-16/h1-6,8,12,18,20,24H,7,9-11,13-14H2,(H,25,27). The molecule has 2 heterocycles. The van der Waals surface area contributed by atoms with Crippen molar-refractivity contribution in [2.75, 3.05) is 32.7 Å². The number of halogens is 2. The fraction of sp³-hybridized carbons (Fsp3) is 0.400. The molecule has 6 nitrogen and oxygen atoms in total. The molecule has 1 aromatic heterocycles. The summed E-state index contributed by atoms with van der Waals surface area (Å²) in [6.07, 6.45) is 4.20. The van der Waals surface area contributed by atoms with Crippen molar-refractivity contribution in [3.05, 3.63) is 59.9 Å². The van der Waals surface area contributed by atoms with Crippen LogP contribution in [0.2, 0.25) is 0 Å². The summed E-state index contributed by atoms with van der Waals surface area (Å²) in [4.78, 5) is 18.7. The average molecular weight is 390 g/mol. The van der Waals surface area contributed by atoms with Gasteiger partial charge in [0.2, 0.25) is 5.91 Å². The maximum atomic E-state index is 12.4. The van der Waals surface area contributed by atoms with E-state index in [1.165, 1.54) is 12.1 Å². The zero-order chi connectivity index (χ0) is 19.8. The molecule has 0 spiro atoms. The molecule has 0 aliphatic carbocycles. The third kappa shape index (κ3) is 5.97. The molecule has 0 bridgehead atoms. The van der Waals surface area contributed by atoms with Gasteiger partial charge in [-0.15, -0.1) is 0 Å². The highest BCUT2D eigenvalue weighted by Crippen LogP contribution is 2.20. The van der Waals surface area contributed by atoms with Gasteiger partial charge in [0, 0.05) is 44.6 Å². The maximum absolute atomic E-state index is 12.4. The first-order valence-corrected chi connectivity index (χ1v) is 9.27. The molecule has 1 unspecified atom stereocenters. The lowest BCUT2D eigenvalue weighted by Crippen LogP contribution is -2.49. The number of ether oxygens (including phenoxy) is 1. The number of aromatic nitrogens is 1. The van der Waals surface area contributed by atoms with E-state index < -0.39 is 6.61 Å². The smallest absolute Gasteiger partial charge is 0.387 e. The Kier molecular flexibility index (Phi) is 7.27. The molecule has 0 radical (unpaired) electrons. The Balaban J connectivity index is 1.45. The van der Waals surface area contributed by atoms with Gasteiger partial charge in [-0.3, -0.25) is 14.7 Å². The number of hydrogen-bond acceptors (Lipinski definition) is 5. The number of nitrogens with one attached hydrogen (secondary N) is 2. The average Bonchev–Trinajstić information content (AvgIpc) is 2.70.